The van der Waals surface area contributed by atoms with Crippen molar-refractivity contribution in [2.75, 3.05) is 13.2 Å². The van der Waals surface area contributed by atoms with Gasteiger partial charge < -0.3 is 40.3 Å². The van der Waals surface area contributed by atoms with Gasteiger partial charge in [-0.05, 0) is 89.9 Å². The molecule has 0 aliphatic carbocycles. The van der Waals surface area contributed by atoms with Gasteiger partial charge in [-0.1, -0.05) is 245 Å². The highest BCUT2D eigenvalue weighted by Crippen LogP contribution is 2.23. The van der Waals surface area contributed by atoms with Gasteiger partial charge in [0.05, 0.1) is 25.4 Å². The molecule has 0 radical (unpaired) electrons. The van der Waals surface area contributed by atoms with Crippen molar-refractivity contribution >= 4 is 5.91 Å². The minimum Gasteiger partial charge on any atom is -0.394 e. The Bertz CT molecular complexity index is 1560. The number of allylic oxidation sites excluding steroid dienone is 19. The van der Waals surface area contributed by atoms with Crippen LogP contribution in [-0.4, -0.2) is 87.5 Å². The Morgan fingerprint density at radius 2 is 0.849 bits per heavy atom. The van der Waals surface area contributed by atoms with E-state index in [1.807, 2.05) is 6.08 Å². The van der Waals surface area contributed by atoms with Crippen LogP contribution in [0.1, 0.15) is 219 Å². The second-order valence-electron chi connectivity index (χ2n) is 19.7. The first-order valence-electron chi connectivity index (χ1n) is 29.3. The lowest BCUT2D eigenvalue weighted by Crippen LogP contribution is -2.60. The van der Waals surface area contributed by atoms with Crippen LogP contribution >= 0.6 is 0 Å². The van der Waals surface area contributed by atoms with E-state index in [1.165, 1.54) is 83.5 Å². The fourth-order valence-corrected chi connectivity index (χ4v) is 8.44. The number of rotatable bonds is 48. The Balaban J connectivity index is 2.25. The number of ether oxygens (including phenoxy) is 2. The topological polar surface area (TPSA) is 149 Å². The van der Waals surface area contributed by atoms with E-state index in [2.05, 4.69) is 129 Å². The van der Waals surface area contributed by atoms with Crippen molar-refractivity contribution in [2.24, 2.45) is 0 Å². The summed E-state index contributed by atoms with van der Waals surface area (Å²) in [7, 11) is 0. The zero-order valence-electron chi connectivity index (χ0n) is 46.1. The van der Waals surface area contributed by atoms with Gasteiger partial charge in [-0.3, -0.25) is 4.79 Å². The second-order valence-corrected chi connectivity index (χ2v) is 19.7. The first kappa shape index (κ1) is 67.6. The van der Waals surface area contributed by atoms with Crippen molar-refractivity contribution < 1.29 is 39.8 Å². The highest BCUT2D eigenvalue weighted by atomic mass is 16.7. The predicted octanol–water partition coefficient (Wildman–Crippen LogP) is 14.7. The third-order valence-corrected chi connectivity index (χ3v) is 13.0. The van der Waals surface area contributed by atoms with Gasteiger partial charge in [-0.15, -0.1) is 0 Å². The van der Waals surface area contributed by atoms with Crippen LogP contribution in [0.25, 0.3) is 0 Å². The molecule has 7 unspecified atom stereocenters. The molecule has 0 spiro atoms. The largest absolute Gasteiger partial charge is 0.394 e. The van der Waals surface area contributed by atoms with Gasteiger partial charge in [-0.25, -0.2) is 0 Å². The van der Waals surface area contributed by atoms with Crippen LogP contribution in [0.2, 0.25) is 0 Å². The summed E-state index contributed by atoms with van der Waals surface area (Å²) in [5, 5.41) is 54.5. The maximum atomic E-state index is 13.1. The molecule has 1 aliphatic heterocycles. The molecule has 0 aromatic heterocycles. The molecule has 73 heavy (non-hydrogen) atoms. The molecule has 9 heteroatoms. The zero-order chi connectivity index (χ0) is 52.9. The Morgan fingerprint density at radius 3 is 1.26 bits per heavy atom. The molecule has 0 aromatic carbocycles. The molecule has 416 valence electrons. The highest BCUT2D eigenvalue weighted by molar-refractivity contribution is 5.76. The smallest absolute Gasteiger partial charge is 0.220 e. The molecule has 1 saturated heterocycles. The maximum Gasteiger partial charge on any atom is 0.220 e. The minimum atomic E-state index is -1.58. The summed E-state index contributed by atoms with van der Waals surface area (Å²) >= 11 is 0. The average molecular weight is 1020 g/mol. The van der Waals surface area contributed by atoms with Crippen molar-refractivity contribution in [1.29, 1.82) is 0 Å². The minimum absolute atomic E-state index is 0.200. The summed E-state index contributed by atoms with van der Waals surface area (Å²) in [6.45, 7) is 3.65. The molecule has 1 aliphatic rings. The number of carbonyl (C=O) groups excluding carboxylic acids is 1. The SMILES string of the molecule is CC/C=C\C/C=C\C/C=C\C/C=C\C/C=C\C/C=C\C/C=C\C/C=C\C/C=C\CCCCCCCC(=O)NC(COC1OC(CO)C(O)C(O)C1O)C(O)/C=C/CCCCCCCCCCCCCCCCC. The number of aliphatic hydroxyl groups excluding tert-OH is 5. The normalized spacial score (nSPS) is 20.0. The predicted molar refractivity (Wildman–Crippen MR) is 308 cm³/mol. The monoisotopic (exact) mass is 1020 g/mol. The quantitative estimate of drug-likeness (QED) is 0.0261. The number of nitrogens with one attached hydrogen (secondary N) is 1. The van der Waals surface area contributed by atoms with E-state index in [1.54, 1.807) is 6.08 Å². The van der Waals surface area contributed by atoms with Crippen LogP contribution in [0.3, 0.4) is 0 Å². The lowest BCUT2D eigenvalue weighted by atomic mass is 9.99. The number of amides is 1. The van der Waals surface area contributed by atoms with Crippen molar-refractivity contribution in [1.82, 2.24) is 5.32 Å². The van der Waals surface area contributed by atoms with Gasteiger partial charge in [0.15, 0.2) is 6.29 Å². The van der Waals surface area contributed by atoms with E-state index >= 15 is 0 Å². The number of unbranched alkanes of at least 4 members (excludes halogenated alkanes) is 20. The van der Waals surface area contributed by atoms with Gasteiger partial charge in [0.1, 0.15) is 24.4 Å². The molecule has 9 nitrogen and oxygen atoms in total. The third kappa shape index (κ3) is 41.5. The summed E-state index contributed by atoms with van der Waals surface area (Å²) in [5.74, 6) is -0.200. The van der Waals surface area contributed by atoms with E-state index in [0.717, 1.165) is 116 Å². The van der Waals surface area contributed by atoms with Gasteiger partial charge in [-0.2, -0.15) is 0 Å². The molecule has 1 heterocycles. The fraction of sp³-hybridized carbons (Fsp3) is 0.672. The summed E-state index contributed by atoms with van der Waals surface area (Å²) in [6.07, 6.45) is 71.1. The van der Waals surface area contributed by atoms with Crippen LogP contribution in [0.15, 0.2) is 122 Å². The molecule has 1 fully saturated rings. The fourth-order valence-electron chi connectivity index (χ4n) is 8.44. The van der Waals surface area contributed by atoms with Gasteiger partial charge in [0.25, 0.3) is 0 Å². The van der Waals surface area contributed by atoms with Crippen LogP contribution < -0.4 is 5.32 Å². The summed E-state index contributed by atoms with van der Waals surface area (Å²) in [5.41, 5.74) is 0. The van der Waals surface area contributed by atoms with Crippen LogP contribution in [-0.2, 0) is 14.3 Å². The number of aliphatic hydroxyl groups is 5. The molecular weight excluding hydrogens is 911 g/mol. The number of carbonyl (C=O) groups is 1. The number of hydrogen-bond donors (Lipinski definition) is 6. The van der Waals surface area contributed by atoms with Gasteiger partial charge >= 0.3 is 0 Å². The van der Waals surface area contributed by atoms with Gasteiger partial charge in [0, 0.05) is 6.42 Å². The average Bonchev–Trinajstić information content (AvgIpc) is 3.39. The lowest BCUT2D eigenvalue weighted by Gasteiger charge is -2.40. The van der Waals surface area contributed by atoms with Crippen molar-refractivity contribution in [3.8, 4) is 0 Å². The summed E-state index contributed by atoms with van der Waals surface area (Å²) in [6, 6.07) is -0.825. The van der Waals surface area contributed by atoms with Gasteiger partial charge in [0.2, 0.25) is 5.91 Å². The maximum absolute atomic E-state index is 13.1. The first-order chi connectivity index (χ1) is 35.8. The second kappa shape index (κ2) is 52.0. The van der Waals surface area contributed by atoms with Crippen LogP contribution in [0.5, 0.6) is 0 Å². The Kier molecular flexibility index (Phi) is 48.2. The Labute approximate surface area is 446 Å². The summed E-state index contributed by atoms with van der Waals surface area (Å²) < 4.78 is 11.3. The number of hydrogen-bond acceptors (Lipinski definition) is 8. The van der Waals surface area contributed by atoms with E-state index in [0.29, 0.717) is 6.42 Å². The molecule has 0 saturated carbocycles. The van der Waals surface area contributed by atoms with E-state index in [4.69, 9.17) is 9.47 Å². The van der Waals surface area contributed by atoms with E-state index in [-0.39, 0.29) is 12.5 Å². The first-order valence-corrected chi connectivity index (χ1v) is 29.3. The van der Waals surface area contributed by atoms with Crippen molar-refractivity contribution in [3.05, 3.63) is 122 Å². The Morgan fingerprint density at radius 1 is 0.479 bits per heavy atom. The molecular formula is C64H107NO8. The third-order valence-electron chi connectivity index (χ3n) is 13.0. The summed E-state index contributed by atoms with van der Waals surface area (Å²) in [4.78, 5) is 13.1. The molecule has 7 atom stereocenters. The molecule has 0 aromatic rings. The molecule has 1 rings (SSSR count). The molecule has 0 bridgehead atoms. The van der Waals surface area contributed by atoms with E-state index < -0.39 is 49.5 Å². The molecule has 6 N–H and O–H groups in total. The highest BCUT2D eigenvalue weighted by Gasteiger charge is 2.44. The zero-order valence-corrected chi connectivity index (χ0v) is 46.1. The standard InChI is InChI=1S/C64H107NO8/c1-3-5-7-9-11-13-15-17-19-21-22-23-24-25-26-27-28-29-30-31-32-33-34-35-36-38-40-42-44-46-48-50-52-54-60(68)65-57(56-72-64-63(71)62(70)61(69)59(55-66)73-64)58(67)53-51-49-47-45-43-41-39-37-20-18-16-14-12-10-8-6-4-2/h5,7,11,13,17,19,22-23,25-26,28-29,31-32,34-35,38,40,51,53,57-59,61-64,66-67,69-71H,3-4,6,8-10,12,14-16,18,20-21,24,27,30,33,36-37,39,41-50,52,54-56H2,1-2H3,(H,65,68)/b7-5-,13-11-,19-17-,23-22-,26-25-,29-28-,32-31-,35-34-,40-38-,53-51+. The Hall–Kier alpha value is -3.41. The van der Waals surface area contributed by atoms with Crippen molar-refractivity contribution in [3.63, 3.8) is 0 Å². The van der Waals surface area contributed by atoms with Crippen LogP contribution in [0, 0.1) is 0 Å². The molecule has 1 amide bonds. The van der Waals surface area contributed by atoms with Crippen LogP contribution in [0.4, 0.5) is 0 Å². The van der Waals surface area contributed by atoms with Crippen molar-refractivity contribution in [2.45, 2.75) is 262 Å². The van der Waals surface area contributed by atoms with E-state index in [9.17, 15) is 30.3 Å². The lowest BCUT2D eigenvalue weighted by molar-refractivity contribution is -0.302.